The zero-order valence-corrected chi connectivity index (χ0v) is 13.4. The Morgan fingerprint density at radius 2 is 1.92 bits per heavy atom. The van der Waals surface area contributed by atoms with Gasteiger partial charge in [0.25, 0.3) is 11.8 Å². The van der Waals surface area contributed by atoms with Crippen LogP contribution >= 0.6 is 0 Å². The number of hydrogen-bond acceptors (Lipinski definition) is 5. The van der Waals surface area contributed by atoms with E-state index < -0.39 is 5.91 Å². The molecule has 2 aromatic rings. The average Bonchev–Trinajstić information content (AvgIpc) is 2.64. The molecule has 0 saturated heterocycles. The lowest BCUT2D eigenvalue weighted by atomic mass is 10.1. The van der Waals surface area contributed by atoms with Gasteiger partial charge in [0, 0.05) is 12.4 Å². The SMILES string of the molecule is COc1ccc(/C(C)=N/NC(=O)CNC(=O)c2cccnc2)cc1. The second-order valence-electron chi connectivity index (χ2n) is 4.89. The lowest BCUT2D eigenvalue weighted by Gasteiger charge is -2.06. The van der Waals surface area contributed by atoms with Gasteiger partial charge in [0.05, 0.1) is 24.9 Å². The number of hydrogen-bond donors (Lipinski definition) is 2. The Hall–Kier alpha value is -3.22. The Labute approximate surface area is 139 Å². The van der Waals surface area contributed by atoms with Crippen LogP contribution in [0.25, 0.3) is 0 Å². The monoisotopic (exact) mass is 326 g/mol. The average molecular weight is 326 g/mol. The van der Waals surface area contributed by atoms with E-state index in [1.807, 2.05) is 24.3 Å². The van der Waals surface area contributed by atoms with Gasteiger partial charge in [0.2, 0.25) is 0 Å². The molecule has 124 valence electrons. The molecule has 0 aliphatic heterocycles. The fourth-order valence-corrected chi connectivity index (χ4v) is 1.84. The van der Waals surface area contributed by atoms with Gasteiger partial charge in [-0.3, -0.25) is 14.6 Å². The van der Waals surface area contributed by atoms with Crippen molar-refractivity contribution in [1.82, 2.24) is 15.7 Å². The smallest absolute Gasteiger partial charge is 0.259 e. The molecule has 7 nitrogen and oxygen atoms in total. The minimum absolute atomic E-state index is 0.173. The first-order valence-electron chi connectivity index (χ1n) is 7.26. The van der Waals surface area contributed by atoms with Crippen LogP contribution in [0.2, 0.25) is 0 Å². The number of hydrazone groups is 1. The summed E-state index contributed by atoms with van der Waals surface area (Å²) in [7, 11) is 1.59. The minimum Gasteiger partial charge on any atom is -0.497 e. The van der Waals surface area contributed by atoms with E-state index in [0.717, 1.165) is 11.3 Å². The van der Waals surface area contributed by atoms with Gasteiger partial charge >= 0.3 is 0 Å². The van der Waals surface area contributed by atoms with Crippen molar-refractivity contribution in [3.05, 3.63) is 59.9 Å². The van der Waals surface area contributed by atoms with Crippen molar-refractivity contribution in [2.24, 2.45) is 5.10 Å². The van der Waals surface area contributed by atoms with Crippen molar-refractivity contribution < 1.29 is 14.3 Å². The van der Waals surface area contributed by atoms with E-state index in [-0.39, 0.29) is 12.5 Å². The maximum Gasteiger partial charge on any atom is 0.259 e. The van der Waals surface area contributed by atoms with E-state index in [1.165, 1.54) is 6.20 Å². The predicted molar refractivity (Wildman–Crippen MR) is 89.9 cm³/mol. The first-order valence-corrected chi connectivity index (χ1v) is 7.26. The Morgan fingerprint density at radius 3 is 2.54 bits per heavy atom. The summed E-state index contributed by atoms with van der Waals surface area (Å²) in [6, 6.07) is 10.6. The van der Waals surface area contributed by atoms with Crippen molar-refractivity contribution in [2.45, 2.75) is 6.92 Å². The topological polar surface area (TPSA) is 92.7 Å². The van der Waals surface area contributed by atoms with E-state index in [9.17, 15) is 9.59 Å². The molecule has 0 saturated carbocycles. The number of carbonyl (C=O) groups is 2. The Morgan fingerprint density at radius 1 is 1.17 bits per heavy atom. The number of benzene rings is 1. The quantitative estimate of drug-likeness (QED) is 0.619. The largest absolute Gasteiger partial charge is 0.497 e. The van der Waals surface area contributed by atoms with Crippen LogP contribution in [0, 0.1) is 0 Å². The van der Waals surface area contributed by atoms with Crippen molar-refractivity contribution in [2.75, 3.05) is 13.7 Å². The zero-order chi connectivity index (χ0) is 17.4. The molecule has 7 heteroatoms. The molecule has 0 radical (unpaired) electrons. The first-order chi connectivity index (χ1) is 11.6. The van der Waals surface area contributed by atoms with Crippen LogP contribution in [0.4, 0.5) is 0 Å². The number of methoxy groups -OCH3 is 1. The Bertz CT molecular complexity index is 727. The van der Waals surface area contributed by atoms with Crippen LogP contribution in [-0.4, -0.2) is 36.2 Å². The van der Waals surface area contributed by atoms with Gasteiger partial charge in [-0.05, 0) is 48.9 Å². The number of carbonyl (C=O) groups excluding carboxylic acids is 2. The van der Waals surface area contributed by atoms with Crippen LogP contribution < -0.4 is 15.5 Å². The maximum absolute atomic E-state index is 11.8. The van der Waals surface area contributed by atoms with Crippen LogP contribution in [0.15, 0.2) is 53.9 Å². The number of aromatic nitrogens is 1. The third-order valence-corrected chi connectivity index (χ3v) is 3.19. The summed E-state index contributed by atoms with van der Waals surface area (Å²) in [6.45, 7) is 1.60. The van der Waals surface area contributed by atoms with Crippen molar-refractivity contribution in [1.29, 1.82) is 0 Å². The van der Waals surface area contributed by atoms with Gasteiger partial charge in [0.1, 0.15) is 5.75 Å². The number of nitrogens with zero attached hydrogens (tertiary/aromatic N) is 2. The molecule has 24 heavy (non-hydrogen) atoms. The Balaban J connectivity index is 1.84. The number of amides is 2. The molecule has 1 aromatic carbocycles. The highest BCUT2D eigenvalue weighted by atomic mass is 16.5. The molecule has 0 fully saturated rings. The summed E-state index contributed by atoms with van der Waals surface area (Å²) in [6.07, 6.45) is 3.00. The minimum atomic E-state index is -0.417. The number of nitrogens with one attached hydrogen (secondary N) is 2. The lowest BCUT2D eigenvalue weighted by molar-refractivity contribution is -0.120. The van der Waals surface area contributed by atoms with E-state index in [1.54, 1.807) is 32.4 Å². The summed E-state index contributed by atoms with van der Waals surface area (Å²) in [5.74, 6) is -0.0390. The van der Waals surface area contributed by atoms with Crippen LogP contribution in [-0.2, 0) is 4.79 Å². The second-order valence-corrected chi connectivity index (χ2v) is 4.89. The number of ether oxygens (including phenoxy) is 1. The molecular formula is C17H18N4O3. The summed E-state index contributed by atoms with van der Waals surface area (Å²) in [5.41, 5.74) is 4.30. The highest BCUT2D eigenvalue weighted by Gasteiger charge is 2.07. The van der Waals surface area contributed by atoms with Crippen LogP contribution in [0.1, 0.15) is 22.8 Å². The third kappa shape index (κ3) is 4.91. The van der Waals surface area contributed by atoms with Crippen LogP contribution in [0.5, 0.6) is 5.75 Å². The van der Waals surface area contributed by atoms with Gasteiger partial charge in [-0.15, -0.1) is 0 Å². The highest BCUT2D eigenvalue weighted by Crippen LogP contribution is 2.11. The number of pyridine rings is 1. The van der Waals surface area contributed by atoms with E-state index in [0.29, 0.717) is 11.3 Å². The fourth-order valence-electron chi connectivity index (χ4n) is 1.84. The van der Waals surface area contributed by atoms with Crippen LogP contribution in [0.3, 0.4) is 0 Å². The molecule has 2 rings (SSSR count). The summed E-state index contributed by atoms with van der Waals surface area (Å²) in [5, 5.41) is 6.51. The molecule has 0 bridgehead atoms. The Kier molecular flexibility index (Phi) is 6.01. The molecule has 0 aliphatic carbocycles. The molecule has 2 amide bonds. The normalized spacial score (nSPS) is 10.8. The molecule has 0 unspecified atom stereocenters. The second kappa shape index (κ2) is 8.42. The van der Waals surface area contributed by atoms with Gasteiger partial charge < -0.3 is 10.1 Å². The predicted octanol–water partition coefficient (Wildman–Crippen LogP) is 1.36. The third-order valence-electron chi connectivity index (χ3n) is 3.19. The van der Waals surface area contributed by atoms with Gasteiger partial charge in [-0.25, -0.2) is 5.43 Å². The van der Waals surface area contributed by atoms with E-state index in [2.05, 4.69) is 20.8 Å². The van der Waals surface area contributed by atoms with Crippen molar-refractivity contribution in [3.63, 3.8) is 0 Å². The van der Waals surface area contributed by atoms with E-state index in [4.69, 9.17) is 4.74 Å². The lowest BCUT2D eigenvalue weighted by Crippen LogP contribution is -2.35. The van der Waals surface area contributed by atoms with Crippen molar-refractivity contribution in [3.8, 4) is 5.75 Å². The summed E-state index contributed by atoms with van der Waals surface area (Å²) >= 11 is 0. The molecule has 0 aliphatic rings. The summed E-state index contributed by atoms with van der Waals surface area (Å²) < 4.78 is 5.08. The van der Waals surface area contributed by atoms with Crippen molar-refractivity contribution >= 4 is 17.5 Å². The molecular weight excluding hydrogens is 308 g/mol. The molecule has 0 spiro atoms. The molecule has 1 heterocycles. The van der Waals surface area contributed by atoms with Gasteiger partial charge in [-0.2, -0.15) is 5.10 Å². The van der Waals surface area contributed by atoms with Gasteiger partial charge in [-0.1, -0.05) is 0 Å². The fraction of sp³-hybridized carbons (Fsp3) is 0.176. The number of rotatable bonds is 6. The maximum atomic E-state index is 11.8. The summed E-state index contributed by atoms with van der Waals surface area (Å²) in [4.78, 5) is 27.4. The van der Waals surface area contributed by atoms with E-state index >= 15 is 0 Å². The highest BCUT2D eigenvalue weighted by molar-refractivity contribution is 6.00. The molecule has 1 aromatic heterocycles. The first kappa shape index (κ1) is 17.1. The zero-order valence-electron chi connectivity index (χ0n) is 13.4. The van der Waals surface area contributed by atoms with Gasteiger partial charge in [0.15, 0.2) is 0 Å². The molecule has 2 N–H and O–H groups in total. The standard InChI is InChI=1S/C17H18N4O3/c1-12(13-5-7-15(24-2)8-6-13)20-21-16(22)11-19-17(23)14-4-3-9-18-10-14/h3-10H,11H2,1-2H3,(H,19,23)(H,21,22)/b20-12+. The molecule has 0 atom stereocenters.